The van der Waals surface area contributed by atoms with Crippen molar-refractivity contribution < 1.29 is 9.90 Å². The molecule has 1 heterocycles. The van der Waals surface area contributed by atoms with E-state index in [9.17, 15) is 9.90 Å². The van der Waals surface area contributed by atoms with Crippen molar-refractivity contribution in [3.05, 3.63) is 35.0 Å². The van der Waals surface area contributed by atoms with E-state index in [-0.39, 0.29) is 17.4 Å². The van der Waals surface area contributed by atoms with Gasteiger partial charge in [-0.1, -0.05) is 31.5 Å². The molecule has 2 rings (SSSR count). The van der Waals surface area contributed by atoms with Crippen LogP contribution in [0.15, 0.2) is 24.3 Å². The molecule has 114 valence electrons. The smallest absolute Gasteiger partial charge is 0.267 e. The van der Waals surface area contributed by atoms with Crippen LogP contribution in [0.1, 0.15) is 37.7 Å². The third kappa shape index (κ3) is 4.22. The normalized spacial score (nSPS) is 13.4. The number of aliphatic hydroxyl groups is 1. The second-order valence-corrected chi connectivity index (χ2v) is 6.75. The van der Waals surface area contributed by atoms with E-state index in [0.717, 1.165) is 10.9 Å². The standard InChI is InChI=1S/C16H21ClN2O2/c1-10(20)8-16(2,3)9-18-15(21)14-6-11-4-5-12(17)7-13(11)19-14/h4-7,10,19-20H,8-9H2,1-3H3,(H,18,21). The average molecular weight is 309 g/mol. The predicted octanol–water partition coefficient (Wildman–Crippen LogP) is 3.35. The van der Waals surface area contributed by atoms with Crippen molar-refractivity contribution in [1.29, 1.82) is 0 Å². The molecule has 0 bridgehead atoms. The summed E-state index contributed by atoms with van der Waals surface area (Å²) in [5.74, 6) is -0.152. The number of carbonyl (C=O) groups is 1. The fourth-order valence-corrected chi connectivity index (χ4v) is 2.68. The SMILES string of the molecule is CC(O)CC(C)(C)CNC(=O)c1cc2ccc(Cl)cc2[nH]1. The summed E-state index contributed by atoms with van der Waals surface area (Å²) in [5.41, 5.74) is 1.20. The van der Waals surface area contributed by atoms with Crippen molar-refractivity contribution in [3.8, 4) is 0 Å². The van der Waals surface area contributed by atoms with Gasteiger partial charge in [-0.25, -0.2) is 0 Å². The summed E-state index contributed by atoms with van der Waals surface area (Å²) in [6.07, 6.45) is 0.252. The molecular formula is C16H21ClN2O2. The van der Waals surface area contributed by atoms with Gasteiger partial charge in [0.2, 0.25) is 0 Å². The molecular weight excluding hydrogens is 288 g/mol. The van der Waals surface area contributed by atoms with Crippen molar-refractivity contribution in [2.75, 3.05) is 6.54 Å². The van der Waals surface area contributed by atoms with Crippen LogP contribution in [0, 0.1) is 5.41 Å². The van der Waals surface area contributed by atoms with E-state index in [1.54, 1.807) is 19.1 Å². The number of amides is 1. The van der Waals surface area contributed by atoms with Gasteiger partial charge in [0.05, 0.1) is 6.10 Å². The van der Waals surface area contributed by atoms with Crippen LogP contribution in [0.5, 0.6) is 0 Å². The largest absolute Gasteiger partial charge is 0.393 e. The Balaban J connectivity index is 2.05. The maximum atomic E-state index is 12.2. The van der Waals surface area contributed by atoms with Gasteiger partial charge in [-0.05, 0) is 37.0 Å². The number of aromatic nitrogens is 1. The number of benzene rings is 1. The Hall–Kier alpha value is -1.52. The highest BCUT2D eigenvalue weighted by Gasteiger charge is 2.21. The van der Waals surface area contributed by atoms with Crippen molar-refractivity contribution in [2.24, 2.45) is 5.41 Å². The van der Waals surface area contributed by atoms with E-state index in [1.807, 2.05) is 26.0 Å². The average Bonchev–Trinajstić information content (AvgIpc) is 2.77. The maximum absolute atomic E-state index is 12.2. The lowest BCUT2D eigenvalue weighted by molar-refractivity contribution is 0.0898. The highest BCUT2D eigenvalue weighted by Crippen LogP contribution is 2.22. The molecule has 3 N–H and O–H groups in total. The Kier molecular flexibility index (Phi) is 4.59. The third-order valence-corrected chi connectivity index (χ3v) is 3.64. The quantitative estimate of drug-likeness (QED) is 0.793. The zero-order valence-corrected chi connectivity index (χ0v) is 13.3. The molecule has 0 aliphatic carbocycles. The second kappa shape index (κ2) is 6.08. The molecule has 1 aromatic carbocycles. The van der Waals surface area contributed by atoms with E-state index in [0.29, 0.717) is 23.7 Å². The van der Waals surface area contributed by atoms with E-state index in [2.05, 4.69) is 10.3 Å². The lowest BCUT2D eigenvalue weighted by Gasteiger charge is -2.26. The fourth-order valence-electron chi connectivity index (χ4n) is 2.51. The van der Waals surface area contributed by atoms with Crippen LogP contribution in [0.3, 0.4) is 0 Å². The van der Waals surface area contributed by atoms with Gasteiger partial charge in [0.15, 0.2) is 0 Å². The summed E-state index contributed by atoms with van der Waals surface area (Å²) in [6, 6.07) is 7.28. The highest BCUT2D eigenvalue weighted by atomic mass is 35.5. The molecule has 1 unspecified atom stereocenters. The first-order valence-corrected chi connectivity index (χ1v) is 7.39. The molecule has 0 radical (unpaired) electrons. The van der Waals surface area contributed by atoms with Crippen LogP contribution in [0.25, 0.3) is 10.9 Å². The van der Waals surface area contributed by atoms with Crippen molar-refractivity contribution in [3.63, 3.8) is 0 Å². The number of nitrogens with one attached hydrogen (secondary N) is 2. The molecule has 1 amide bonds. The molecule has 21 heavy (non-hydrogen) atoms. The Bertz CT molecular complexity index is 647. The second-order valence-electron chi connectivity index (χ2n) is 6.31. The molecule has 0 fully saturated rings. The van der Waals surface area contributed by atoms with E-state index in [4.69, 9.17) is 11.6 Å². The fraction of sp³-hybridized carbons (Fsp3) is 0.438. The predicted molar refractivity (Wildman–Crippen MR) is 85.7 cm³/mol. The zero-order valence-electron chi connectivity index (χ0n) is 12.5. The molecule has 2 aromatic rings. The van der Waals surface area contributed by atoms with Crippen molar-refractivity contribution in [2.45, 2.75) is 33.3 Å². The number of carbonyl (C=O) groups excluding carboxylic acids is 1. The van der Waals surface area contributed by atoms with Gasteiger partial charge in [-0.2, -0.15) is 0 Å². The highest BCUT2D eigenvalue weighted by molar-refractivity contribution is 6.31. The Morgan fingerprint density at radius 2 is 2.14 bits per heavy atom. The minimum Gasteiger partial charge on any atom is -0.393 e. The van der Waals surface area contributed by atoms with Gasteiger partial charge in [0.1, 0.15) is 5.69 Å². The topological polar surface area (TPSA) is 65.1 Å². The van der Waals surface area contributed by atoms with Crippen LogP contribution in [-0.4, -0.2) is 28.6 Å². The Morgan fingerprint density at radius 3 is 2.81 bits per heavy atom. The molecule has 1 aromatic heterocycles. The minimum absolute atomic E-state index is 0.152. The van der Waals surface area contributed by atoms with Crippen molar-refractivity contribution >= 4 is 28.4 Å². The molecule has 5 heteroatoms. The van der Waals surface area contributed by atoms with Gasteiger partial charge < -0.3 is 15.4 Å². The van der Waals surface area contributed by atoms with Gasteiger partial charge in [-0.3, -0.25) is 4.79 Å². The van der Waals surface area contributed by atoms with Crippen LogP contribution in [0.4, 0.5) is 0 Å². The zero-order chi connectivity index (χ0) is 15.6. The number of aromatic amines is 1. The Labute approximate surface area is 129 Å². The van der Waals surface area contributed by atoms with Gasteiger partial charge in [0.25, 0.3) is 5.91 Å². The lowest BCUT2D eigenvalue weighted by Crippen LogP contribution is -2.35. The van der Waals surface area contributed by atoms with Gasteiger partial charge >= 0.3 is 0 Å². The number of rotatable bonds is 5. The van der Waals surface area contributed by atoms with Crippen LogP contribution in [-0.2, 0) is 0 Å². The molecule has 0 aliphatic heterocycles. The van der Waals surface area contributed by atoms with Gasteiger partial charge in [0, 0.05) is 22.5 Å². The number of aliphatic hydroxyl groups excluding tert-OH is 1. The van der Waals surface area contributed by atoms with E-state index in [1.165, 1.54) is 0 Å². The molecule has 0 saturated heterocycles. The first-order valence-electron chi connectivity index (χ1n) is 7.01. The third-order valence-electron chi connectivity index (χ3n) is 3.40. The van der Waals surface area contributed by atoms with E-state index < -0.39 is 0 Å². The minimum atomic E-state index is -0.382. The Morgan fingerprint density at radius 1 is 1.43 bits per heavy atom. The first kappa shape index (κ1) is 15.9. The molecule has 0 aliphatic rings. The monoisotopic (exact) mass is 308 g/mol. The molecule has 0 saturated carbocycles. The molecule has 1 atom stereocenters. The number of halogens is 1. The first-order chi connectivity index (χ1) is 9.77. The summed E-state index contributed by atoms with van der Waals surface area (Å²) in [5, 5.41) is 14.0. The number of fused-ring (bicyclic) bond motifs is 1. The van der Waals surface area contributed by atoms with Gasteiger partial charge in [-0.15, -0.1) is 0 Å². The van der Waals surface area contributed by atoms with Crippen LogP contribution >= 0.6 is 11.6 Å². The number of H-pyrrole nitrogens is 1. The summed E-state index contributed by atoms with van der Waals surface area (Å²) in [4.78, 5) is 15.3. The maximum Gasteiger partial charge on any atom is 0.267 e. The summed E-state index contributed by atoms with van der Waals surface area (Å²) < 4.78 is 0. The number of hydrogen-bond donors (Lipinski definition) is 3. The number of hydrogen-bond acceptors (Lipinski definition) is 2. The lowest BCUT2D eigenvalue weighted by atomic mass is 9.87. The van der Waals surface area contributed by atoms with Crippen LogP contribution < -0.4 is 5.32 Å². The molecule has 4 nitrogen and oxygen atoms in total. The summed E-state index contributed by atoms with van der Waals surface area (Å²) in [7, 11) is 0. The molecule has 0 spiro atoms. The van der Waals surface area contributed by atoms with E-state index >= 15 is 0 Å². The van der Waals surface area contributed by atoms with Crippen LogP contribution in [0.2, 0.25) is 5.02 Å². The summed E-state index contributed by atoms with van der Waals surface area (Å²) in [6.45, 7) is 6.30. The van der Waals surface area contributed by atoms with Crippen molar-refractivity contribution in [1.82, 2.24) is 10.3 Å². The summed E-state index contributed by atoms with van der Waals surface area (Å²) >= 11 is 5.93.